The summed E-state index contributed by atoms with van der Waals surface area (Å²) in [5.74, 6) is 0.106. The molecular formula is C12H12N2OS. The van der Waals surface area contributed by atoms with Gasteiger partial charge in [0, 0.05) is 18.0 Å². The molecule has 1 amide bonds. The van der Waals surface area contributed by atoms with E-state index < -0.39 is 0 Å². The smallest absolute Gasteiger partial charge is 0.260 e. The fourth-order valence-corrected chi connectivity index (χ4v) is 3.04. The molecule has 0 spiro atoms. The molecule has 0 fully saturated rings. The molecule has 0 aromatic heterocycles. The van der Waals surface area contributed by atoms with Crippen LogP contribution in [0.15, 0.2) is 34.2 Å². The van der Waals surface area contributed by atoms with Gasteiger partial charge in [0.25, 0.3) is 5.91 Å². The summed E-state index contributed by atoms with van der Waals surface area (Å²) >= 11 is 1.61. The molecule has 0 saturated carbocycles. The van der Waals surface area contributed by atoms with E-state index in [1.807, 2.05) is 29.2 Å². The summed E-state index contributed by atoms with van der Waals surface area (Å²) in [5.41, 5.74) is 0.813. The molecule has 1 aromatic rings. The lowest BCUT2D eigenvalue weighted by atomic mass is 10.2. The van der Waals surface area contributed by atoms with Crippen LogP contribution in [0, 0.1) is 0 Å². The number of amidine groups is 1. The molecule has 0 aliphatic carbocycles. The largest absolute Gasteiger partial charge is 0.287 e. The standard InChI is InChI=1S/C12H12N2OS/c15-11-9-5-1-2-6-10(9)16-12-13-7-3-4-8-14(11)12/h1-2,5-6H,3-4,7-8H2. The molecule has 0 bridgehead atoms. The Bertz CT molecular complexity index is 470. The molecule has 0 radical (unpaired) electrons. The zero-order valence-corrected chi connectivity index (χ0v) is 9.67. The van der Waals surface area contributed by atoms with E-state index in [1.54, 1.807) is 11.8 Å². The highest BCUT2D eigenvalue weighted by Crippen LogP contribution is 2.33. The Hall–Kier alpha value is -1.29. The van der Waals surface area contributed by atoms with Gasteiger partial charge in [-0.05, 0) is 25.0 Å². The Morgan fingerprint density at radius 2 is 2.12 bits per heavy atom. The first-order chi connectivity index (χ1) is 7.86. The normalized spacial score (nSPS) is 19.6. The molecule has 0 unspecified atom stereocenters. The first-order valence-electron chi connectivity index (χ1n) is 5.49. The summed E-state index contributed by atoms with van der Waals surface area (Å²) in [6.07, 6.45) is 2.12. The molecular weight excluding hydrogens is 220 g/mol. The summed E-state index contributed by atoms with van der Waals surface area (Å²) in [6.45, 7) is 1.65. The number of rotatable bonds is 0. The van der Waals surface area contributed by atoms with Gasteiger partial charge in [-0.3, -0.25) is 14.7 Å². The predicted octanol–water partition coefficient (Wildman–Crippen LogP) is 2.38. The van der Waals surface area contributed by atoms with Crippen LogP contribution in [0.25, 0.3) is 0 Å². The Morgan fingerprint density at radius 3 is 3.06 bits per heavy atom. The zero-order chi connectivity index (χ0) is 11.0. The first kappa shape index (κ1) is 9.90. The van der Waals surface area contributed by atoms with E-state index in [9.17, 15) is 4.79 Å². The summed E-state index contributed by atoms with van der Waals surface area (Å²) < 4.78 is 0. The maximum Gasteiger partial charge on any atom is 0.260 e. The van der Waals surface area contributed by atoms with Crippen LogP contribution in [0.1, 0.15) is 23.2 Å². The number of carbonyl (C=O) groups is 1. The third-order valence-electron chi connectivity index (χ3n) is 2.83. The number of benzene rings is 1. The van der Waals surface area contributed by atoms with Gasteiger partial charge in [0.05, 0.1) is 5.56 Å². The third kappa shape index (κ3) is 1.53. The van der Waals surface area contributed by atoms with E-state index in [0.29, 0.717) is 0 Å². The molecule has 0 saturated heterocycles. The van der Waals surface area contributed by atoms with Crippen molar-refractivity contribution in [1.82, 2.24) is 4.90 Å². The summed E-state index contributed by atoms with van der Waals surface area (Å²) in [4.78, 5) is 19.6. The second kappa shape index (κ2) is 3.94. The van der Waals surface area contributed by atoms with Crippen LogP contribution in [-0.4, -0.2) is 29.1 Å². The molecule has 3 nitrogen and oxygen atoms in total. The van der Waals surface area contributed by atoms with Crippen molar-refractivity contribution in [2.75, 3.05) is 13.1 Å². The Kier molecular flexibility index (Phi) is 2.44. The molecule has 2 heterocycles. The fourth-order valence-electron chi connectivity index (χ4n) is 1.99. The zero-order valence-electron chi connectivity index (χ0n) is 8.85. The molecule has 4 heteroatoms. The number of fused-ring (bicyclic) bond motifs is 2. The van der Waals surface area contributed by atoms with Gasteiger partial charge >= 0.3 is 0 Å². The summed E-state index contributed by atoms with van der Waals surface area (Å²) in [6, 6.07) is 7.76. The summed E-state index contributed by atoms with van der Waals surface area (Å²) in [7, 11) is 0. The number of thioether (sulfide) groups is 1. The molecule has 82 valence electrons. The highest BCUT2D eigenvalue weighted by Gasteiger charge is 2.30. The van der Waals surface area contributed by atoms with Crippen LogP contribution < -0.4 is 0 Å². The number of aliphatic imine (C=N–C) groups is 1. The number of hydrogen-bond donors (Lipinski definition) is 0. The van der Waals surface area contributed by atoms with E-state index in [-0.39, 0.29) is 5.91 Å². The monoisotopic (exact) mass is 232 g/mol. The first-order valence-corrected chi connectivity index (χ1v) is 6.31. The van der Waals surface area contributed by atoms with Crippen LogP contribution in [0.2, 0.25) is 0 Å². The number of hydrogen-bond acceptors (Lipinski definition) is 3. The topological polar surface area (TPSA) is 32.7 Å². The molecule has 1 aromatic carbocycles. The maximum atomic E-state index is 12.2. The maximum absolute atomic E-state index is 12.2. The van der Waals surface area contributed by atoms with Crippen molar-refractivity contribution in [3.63, 3.8) is 0 Å². The van der Waals surface area contributed by atoms with Crippen LogP contribution in [0.5, 0.6) is 0 Å². The number of amides is 1. The van der Waals surface area contributed by atoms with Crippen molar-refractivity contribution in [3.05, 3.63) is 29.8 Å². The van der Waals surface area contributed by atoms with Gasteiger partial charge in [0.15, 0.2) is 5.17 Å². The van der Waals surface area contributed by atoms with Crippen LogP contribution >= 0.6 is 11.8 Å². The second-order valence-corrected chi connectivity index (χ2v) is 4.94. The van der Waals surface area contributed by atoms with Gasteiger partial charge in [-0.15, -0.1) is 0 Å². The molecule has 2 aliphatic rings. The third-order valence-corrected chi connectivity index (χ3v) is 3.94. The lowest BCUT2D eigenvalue weighted by molar-refractivity contribution is 0.0845. The van der Waals surface area contributed by atoms with Crippen molar-refractivity contribution in [3.8, 4) is 0 Å². The van der Waals surface area contributed by atoms with Gasteiger partial charge in [0.2, 0.25) is 0 Å². The Morgan fingerprint density at radius 1 is 1.25 bits per heavy atom. The summed E-state index contributed by atoms with van der Waals surface area (Å²) in [5, 5.41) is 0.876. The Balaban J connectivity index is 2.07. The minimum Gasteiger partial charge on any atom is -0.287 e. The average molecular weight is 232 g/mol. The van der Waals surface area contributed by atoms with E-state index in [4.69, 9.17) is 0 Å². The van der Waals surface area contributed by atoms with Crippen LogP contribution in [-0.2, 0) is 0 Å². The van der Waals surface area contributed by atoms with Crippen molar-refractivity contribution < 1.29 is 4.79 Å². The van der Waals surface area contributed by atoms with Gasteiger partial charge in [-0.1, -0.05) is 23.9 Å². The van der Waals surface area contributed by atoms with Crippen LogP contribution in [0.4, 0.5) is 0 Å². The van der Waals surface area contributed by atoms with Crippen molar-refractivity contribution in [2.24, 2.45) is 4.99 Å². The lowest BCUT2D eigenvalue weighted by Crippen LogP contribution is -2.38. The minimum absolute atomic E-state index is 0.106. The van der Waals surface area contributed by atoms with Gasteiger partial charge < -0.3 is 0 Å². The molecule has 3 rings (SSSR count). The lowest BCUT2D eigenvalue weighted by Gasteiger charge is -2.27. The predicted molar refractivity (Wildman–Crippen MR) is 64.9 cm³/mol. The van der Waals surface area contributed by atoms with Gasteiger partial charge in [0.1, 0.15) is 0 Å². The van der Waals surface area contributed by atoms with Gasteiger partial charge in [-0.25, -0.2) is 0 Å². The minimum atomic E-state index is 0.106. The van der Waals surface area contributed by atoms with Crippen molar-refractivity contribution in [1.29, 1.82) is 0 Å². The van der Waals surface area contributed by atoms with Crippen molar-refractivity contribution in [2.45, 2.75) is 17.7 Å². The highest BCUT2D eigenvalue weighted by molar-refractivity contribution is 8.14. The molecule has 0 N–H and O–H groups in total. The fraction of sp³-hybridized carbons (Fsp3) is 0.333. The van der Waals surface area contributed by atoms with E-state index in [0.717, 1.165) is 41.6 Å². The van der Waals surface area contributed by atoms with Crippen molar-refractivity contribution >= 4 is 22.8 Å². The highest BCUT2D eigenvalue weighted by atomic mass is 32.2. The second-order valence-electron chi connectivity index (χ2n) is 3.93. The van der Waals surface area contributed by atoms with Crippen LogP contribution in [0.3, 0.4) is 0 Å². The molecule has 2 aliphatic heterocycles. The van der Waals surface area contributed by atoms with E-state index in [2.05, 4.69) is 4.99 Å². The van der Waals surface area contributed by atoms with E-state index >= 15 is 0 Å². The number of carbonyl (C=O) groups excluding carboxylic acids is 1. The number of nitrogens with zero attached hydrogens (tertiary/aromatic N) is 2. The van der Waals surface area contributed by atoms with E-state index in [1.165, 1.54) is 0 Å². The Labute approximate surface area is 98.5 Å². The SMILES string of the molecule is O=C1c2ccccc2SC2=NCCCCN12. The average Bonchev–Trinajstić information content (AvgIpc) is 2.55. The molecule has 0 atom stereocenters. The molecule has 16 heavy (non-hydrogen) atoms. The quantitative estimate of drug-likeness (QED) is 0.688. The van der Waals surface area contributed by atoms with Gasteiger partial charge in [-0.2, -0.15) is 0 Å².